The maximum atomic E-state index is 10.5. The van der Waals surface area contributed by atoms with Crippen molar-refractivity contribution >= 4 is 40.8 Å². The largest absolute Gasteiger partial charge is 0.478 e. The number of carboxylic acid groups (broad SMARTS) is 1. The topological polar surface area (TPSA) is 50.2 Å². The number of pyridine rings is 1. The molecule has 0 spiro atoms. The Balaban J connectivity index is 3.37. The number of aromatic nitrogens is 1. The number of halogens is 3. The number of nitrogens with zero attached hydrogens (tertiary/aromatic N) is 1. The lowest BCUT2D eigenvalue weighted by atomic mass is 10.3. The van der Waals surface area contributed by atoms with Crippen molar-refractivity contribution in [3.8, 4) is 0 Å². The summed E-state index contributed by atoms with van der Waals surface area (Å²) in [5.74, 6) is -1.19. The minimum Gasteiger partial charge on any atom is -0.478 e. The van der Waals surface area contributed by atoms with E-state index in [1.54, 1.807) is 0 Å². The van der Waals surface area contributed by atoms with E-state index < -0.39 is 5.97 Å². The van der Waals surface area contributed by atoms with Crippen LogP contribution in [-0.4, -0.2) is 16.1 Å². The monoisotopic (exact) mass is 225 g/mol. The van der Waals surface area contributed by atoms with Crippen LogP contribution in [0.4, 0.5) is 0 Å². The summed E-state index contributed by atoms with van der Waals surface area (Å²) in [5, 5.41) is 8.37. The van der Waals surface area contributed by atoms with Gasteiger partial charge in [-0.05, 0) is 6.07 Å². The highest BCUT2D eigenvalue weighted by Crippen LogP contribution is 2.26. The van der Waals surface area contributed by atoms with Crippen LogP contribution in [0, 0.1) is 0 Å². The third-order valence-corrected chi connectivity index (χ3v) is 2.06. The second kappa shape index (κ2) is 3.47. The number of aromatic carboxylic acids is 1. The Morgan fingerprint density at radius 2 is 2.00 bits per heavy atom. The van der Waals surface area contributed by atoms with Crippen molar-refractivity contribution in [2.45, 2.75) is 0 Å². The number of hydrogen-bond donors (Lipinski definition) is 1. The van der Waals surface area contributed by atoms with Gasteiger partial charge in [-0.15, -0.1) is 0 Å². The van der Waals surface area contributed by atoms with Gasteiger partial charge in [0.25, 0.3) is 0 Å². The molecular weight excluding hydrogens is 224 g/mol. The predicted octanol–water partition coefficient (Wildman–Crippen LogP) is 2.74. The van der Waals surface area contributed by atoms with Crippen molar-refractivity contribution in [2.24, 2.45) is 0 Å². The summed E-state index contributed by atoms with van der Waals surface area (Å²) in [7, 11) is 0. The lowest BCUT2D eigenvalue weighted by molar-refractivity contribution is 0.0697. The molecule has 1 aromatic rings. The van der Waals surface area contributed by atoms with Crippen LogP contribution in [0.25, 0.3) is 0 Å². The van der Waals surface area contributed by atoms with Crippen LogP contribution in [0.1, 0.15) is 10.4 Å². The Morgan fingerprint density at radius 1 is 1.42 bits per heavy atom. The first-order valence-corrected chi connectivity index (χ1v) is 3.90. The summed E-state index contributed by atoms with van der Waals surface area (Å²) in [6.07, 6.45) is 0. The molecule has 1 N–H and O–H groups in total. The van der Waals surface area contributed by atoms with E-state index in [4.69, 9.17) is 39.9 Å². The van der Waals surface area contributed by atoms with Crippen molar-refractivity contribution < 1.29 is 9.90 Å². The third-order valence-electron chi connectivity index (χ3n) is 1.12. The summed E-state index contributed by atoms with van der Waals surface area (Å²) in [4.78, 5) is 14.0. The molecule has 12 heavy (non-hydrogen) atoms. The fourth-order valence-corrected chi connectivity index (χ4v) is 1.23. The molecule has 0 atom stereocenters. The molecule has 1 aromatic heterocycles. The molecule has 6 heteroatoms. The molecule has 0 aromatic carbocycles. The summed E-state index contributed by atoms with van der Waals surface area (Å²) >= 11 is 16.4. The first-order chi connectivity index (χ1) is 5.52. The molecule has 0 fully saturated rings. The normalized spacial score (nSPS) is 9.92. The van der Waals surface area contributed by atoms with E-state index in [1.807, 2.05) is 0 Å². The lowest BCUT2D eigenvalue weighted by Crippen LogP contribution is -1.98. The number of rotatable bonds is 1. The van der Waals surface area contributed by atoms with Gasteiger partial charge in [0.15, 0.2) is 0 Å². The van der Waals surface area contributed by atoms with Crippen molar-refractivity contribution in [1.29, 1.82) is 0 Å². The van der Waals surface area contributed by atoms with Crippen molar-refractivity contribution in [2.75, 3.05) is 0 Å². The zero-order valence-electron chi connectivity index (χ0n) is 5.51. The van der Waals surface area contributed by atoms with Gasteiger partial charge in [-0.3, -0.25) is 0 Å². The first kappa shape index (κ1) is 9.58. The van der Waals surface area contributed by atoms with Gasteiger partial charge in [0.1, 0.15) is 10.3 Å². The van der Waals surface area contributed by atoms with Crippen LogP contribution in [0.15, 0.2) is 6.07 Å². The molecule has 0 amide bonds. The number of carboxylic acids is 1. The van der Waals surface area contributed by atoms with Crippen molar-refractivity contribution in [3.05, 3.63) is 27.0 Å². The SMILES string of the molecule is O=C(O)c1cc(Cl)nc(Cl)c1Cl. The predicted molar refractivity (Wildman–Crippen MR) is 46.2 cm³/mol. The zero-order chi connectivity index (χ0) is 9.30. The molecule has 0 aliphatic rings. The summed E-state index contributed by atoms with van der Waals surface area (Å²) in [5.41, 5.74) is -0.151. The van der Waals surface area contributed by atoms with Gasteiger partial charge in [-0.2, -0.15) is 0 Å². The van der Waals surface area contributed by atoms with Crippen LogP contribution in [0.5, 0.6) is 0 Å². The minimum absolute atomic E-state index is 0.00167. The molecule has 64 valence electrons. The highest BCUT2D eigenvalue weighted by Gasteiger charge is 2.13. The van der Waals surface area contributed by atoms with Crippen LogP contribution in [-0.2, 0) is 0 Å². The van der Waals surface area contributed by atoms with E-state index in [9.17, 15) is 4.79 Å². The summed E-state index contributed by atoms with van der Waals surface area (Å²) in [6, 6.07) is 1.14. The molecule has 0 saturated carbocycles. The third kappa shape index (κ3) is 1.80. The second-order valence-electron chi connectivity index (χ2n) is 1.90. The van der Waals surface area contributed by atoms with Crippen molar-refractivity contribution in [3.63, 3.8) is 0 Å². The molecule has 1 rings (SSSR count). The van der Waals surface area contributed by atoms with Crippen LogP contribution >= 0.6 is 34.8 Å². The van der Waals surface area contributed by atoms with E-state index in [2.05, 4.69) is 4.98 Å². The molecule has 3 nitrogen and oxygen atoms in total. The van der Waals surface area contributed by atoms with Crippen molar-refractivity contribution in [1.82, 2.24) is 4.98 Å². The van der Waals surface area contributed by atoms with E-state index >= 15 is 0 Å². The van der Waals surface area contributed by atoms with E-state index in [0.29, 0.717) is 0 Å². The molecule has 1 heterocycles. The smallest absolute Gasteiger partial charge is 0.337 e. The molecule has 0 bridgehead atoms. The van der Waals surface area contributed by atoms with Crippen LogP contribution in [0.2, 0.25) is 15.3 Å². The van der Waals surface area contributed by atoms with E-state index in [1.165, 1.54) is 0 Å². The second-order valence-corrected chi connectivity index (χ2v) is 3.03. The Bertz CT molecular complexity index is 340. The first-order valence-electron chi connectivity index (χ1n) is 2.77. The maximum Gasteiger partial charge on any atom is 0.337 e. The highest BCUT2D eigenvalue weighted by molar-refractivity contribution is 6.43. The van der Waals surface area contributed by atoms with Gasteiger partial charge >= 0.3 is 5.97 Å². The lowest BCUT2D eigenvalue weighted by Gasteiger charge is -2.00. The average Bonchev–Trinajstić information content (AvgIpc) is 1.96. The van der Waals surface area contributed by atoms with Gasteiger partial charge in [-0.25, -0.2) is 9.78 Å². The standard InChI is InChI=1S/C6H2Cl3NO2/c7-3-1-2(6(11)12)4(8)5(9)10-3/h1H,(H,11,12). The van der Waals surface area contributed by atoms with Crippen LogP contribution in [0.3, 0.4) is 0 Å². The highest BCUT2D eigenvalue weighted by atomic mass is 35.5. The van der Waals surface area contributed by atoms with Crippen LogP contribution < -0.4 is 0 Å². The molecule has 0 unspecified atom stereocenters. The molecule has 0 aliphatic carbocycles. The molecule has 0 saturated heterocycles. The Morgan fingerprint density at radius 3 is 2.50 bits per heavy atom. The zero-order valence-corrected chi connectivity index (χ0v) is 7.78. The Hall–Kier alpha value is -0.510. The molecular formula is C6H2Cl3NO2. The van der Waals surface area contributed by atoms with Gasteiger partial charge in [0.05, 0.1) is 10.6 Å². The summed E-state index contributed by atoms with van der Waals surface area (Å²) < 4.78 is 0. The fraction of sp³-hybridized carbons (Fsp3) is 0. The van der Waals surface area contributed by atoms with E-state index in [0.717, 1.165) is 6.07 Å². The maximum absolute atomic E-state index is 10.5. The molecule has 0 aliphatic heterocycles. The van der Waals surface area contributed by atoms with Gasteiger partial charge in [0, 0.05) is 0 Å². The quantitative estimate of drug-likeness (QED) is 0.749. The molecule has 0 radical (unpaired) electrons. The summed E-state index contributed by atoms with van der Waals surface area (Å²) in [6.45, 7) is 0. The van der Waals surface area contributed by atoms with Gasteiger partial charge in [-0.1, -0.05) is 34.8 Å². The average molecular weight is 226 g/mol. The number of carbonyl (C=O) groups is 1. The van der Waals surface area contributed by atoms with E-state index in [-0.39, 0.29) is 20.9 Å². The number of hydrogen-bond acceptors (Lipinski definition) is 2. The van der Waals surface area contributed by atoms with Gasteiger partial charge in [0.2, 0.25) is 0 Å². The van der Waals surface area contributed by atoms with Gasteiger partial charge < -0.3 is 5.11 Å². The Labute approximate surface area is 82.9 Å². The minimum atomic E-state index is -1.19. The Kier molecular flexibility index (Phi) is 2.77. The fourth-order valence-electron chi connectivity index (χ4n) is 0.624.